The SMILES string of the molecule is C=C(CO)C(OC(=O)OCCCC)c1ccccc1. The van der Waals surface area contributed by atoms with Crippen LogP contribution < -0.4 is 0 Å². The molecule has 0 spiro atoms. The molecule has 0 bridgehead atoms. The van der Waals surface area contributed by atoms with Crippen LogP contribution in [0.1, 0.15) is 31.4 Å². The zero-order chi connectivity index (χ0) is 14.1. The Morgan fingerprint density at radius 3 is 2.63 bits per heavy atom. The van der Waals surface area contributed by atoms with E-state index in [9.17, 15) is 4.79 Å². The normalized spacial score (nSPS) is 11.7. The second-order valence-corrected chi connectivity index (χ2v) is 4.18. The summed E-state index contributed by atoms with van der Waals surface area (Å²) in [5.41, 5.74) is 1.17. The lowest BCUT2D eigenvalue weighted by atomic mass is 10.0. The van der Waals surface area contributed by atoms with Gasteiger partial charge in [-0.2, -0.15) is 0 Å². The first-order valence-corrected chi connectivity index (χ1v) is 6.36. The Morgan fingerprint density at radius 1 is 1.37 bits per heavy atom. The molecule has 19 heavy (non-hydrogen) atoms. The summed E-state index contributed by atoms with van der Waals surface area (Å²) in [5, 5.41) is 9.16. The maximum absolute atomic E-state index is 11.6. The van der Waals surface area contributed by atoms with E-state index in [0.717, 1.165) is 18.4 Å². The van der Waals surface area contributed by atoms with Crippen molar-refractivity contribution in [2.45, 2.75) is 25.9 Å². The van der Waals surface area contributed by atoms with E-state index in [1.165, 1.54) is 0 Å². The van der Waals surface area contributed by atoms with Crippen LogP contribution in [0.2, 0.25) is 0 Å². The summed E-state index contributed by atoms with van der Waals surface area (Å²) in [6.07, 6.45) is 0.322. The van der Waals surface area contributed by atoms with Gasteiger partial charge in [0.05, 0.1) is 13.2 Å². The first kappa shape index (κ1) is 15.2. The predicted octanol–water partition coefficient (Wildman–Crippen LogP) is 3.23. The van der Waals surface area contributed by atoms with Crippen LogP contribution in [-0.4, -0.2) is 24.5 Å². The monoisotopic (exact) mass is 264 g/mol. The van der Waals surface area contributed by atoms with Gasteiger partial charge in [0.2, 0.25) is 0 Å². The maximum atomic E-state index is 11.6. The maximum Gasteiger partial charge on any atom is 0.509 e. The number of aliphatic hydroxyl groups is 1. The number of carbonyl (C=O) groups is 1. The van der Waals surface area contributed by atoms with E-state index in [1.54, 1.807) is 0 Å². The van der Waals surface area contributed by atoms with E-state index in [-0.39, 0.29) is 6.61 Å². The first-order chi connectivity index (χ1) is 9.19. The number of hydrogen-bond donors (Lipinski definition) is 1. The van der Waals surface area contributed by atoms with Crippen LogP contribution in [0.3, 0.4) is 0 Å². The number of unbranched alkanes of at least 4 members (excludes halogenated alkanes) is 1. The number of aliphatic hydroxyl groups excluding tert-OH is 1. The van der Waals surface area contributed by atoms with Crippen molar-refractivity contribution in [1.82, 2.24) is 0 Å². The summed E-state index contributed by atoms with van der Waals surface area (Å²) in [7, 11) is 0. The van der Waals surface area contributed by atoms with Crippen molar-refractivity contribution in [1.29, 1.82) is 0 Å². The number of ether oxygens (including phenoxy) is 2. The van der Waals surface area contributed by atoms with Crippen LogP contribution in [0.4, 0.5) is 4.79 Å². The van der Waals surface area contributed by atoms with Crippen LogP contribution in [0.5, 0.6) is 0 Å². The Hall–Kier alpha value is -1.81. The van der Waals surface area contributed by atoms with E-state index < -0.39 is 12.3 Å². The van der Waals surface area contributed by atoms with E-state index >= 15 is 0 Å². The van der Waals surface area contributed by atoms with Gasteiger partial charge < -0.3 is 14.6 Å². The highest BCUT2D eigenvalue weighted by Gasteiger charge is 2.20. The minimum Gasteiger partial charge on any atom is -0.434 e. The zero-order valence-electron chi connectivity index (χ0n) is 11.2. The average molecular weight is 264 g/mol. The lowest BCUT2D eigenvalue weighted by Gasteiger charge is -2.19. The van der Waals surface area contributed by atoms with Gasteiger partial charge in [0.1, 0.15) is 0 Å². The Balaban J connectivity index is 2.66. The second-order valence-electron chi connectivity index (χ2n) is 4.18. The molecule has 0 fully saturated rings. The van der Waals surface area contributed by atoms with Crippen molar-refractivity contribution in [3.8, 4) is 0 Å². The third-order valence-corrected chi connectivity index (χ3v) is 2.61. The molecule has 4 heteroatoms. The molecule has 0 radical (unpaired) electrons. The molecular weight excluding hydrogens is 244 g/mol. The minimum absolute atomic E-state index is 0.248. The van der Waals surface area contributed by atoms with Gasteiger partial charge in [0.25, 0.3) is 0 Å². The number of benzene rings is 1. The fraction of sp³-hybridized carbons (Fsp3) is 0.400. The lowest BCUT2D eigenvalue weighted by molar-refractivity contribution is 0.0303. The van der Waals surface area contributed by atoms with Gasteiger partial charge in [-0.25, -0.2) is 4.79 Å². The van der Waals surface area contributed by atoms with Crippen LogP contribution in [0, 0.1) is 0 Å². The molecule has 1 aromatic carbocycles. The molecule has 0 aliphatic heterocycles. The Labute approximate surface area is 113 Å². The molecule has 1 atom stereocenters. The smallest absolute Gasteiger partial charge is 0.434 e. The largest absolute Gasteiger partial charge is 0.509 e. The van der Waals surface area contributed by atoms with E-state index in [4.69, 9.17) is 14.6 Å². The van der Waals surface area contributed by atoms with Crippen LogP contribution in [0.25, 0.3) is 0 Å². The number of hydrogen-bond acceptors (Lipinski definition) is 4. The van der Waals surface area contributed by atoms with Gasteiger partial charge in [-0.3, -0.25) is 0 Å². The first-order valence-electron chi connectivity index (χ1n) is 6.36. The highest BCUT2D eigenvalue weighted by atomic mass is 16.7. The van der Waals surface area contributed by atoms with E-state index in [1.807, 2.05) is 37.3 Å². The van der Waals surface area contributed by atoms with Crippen molar-refractivity contribution in [2.75, 3.05) is 13.2 Å². The van der Waals surface area contributed by atoms with Crippen LogP contribution in [-0.2, 0) is 9.47 Å². The summed E-state index contributed by atoms with van der Waals surface area (Å²) in [6, 6.07) is 9.15. The Morgan fingerprint density at radius 2 is 2.05 bits per heavy atom. The number of carbonyl (C=O) groups excluding carboxylic acids is 1. The molecular formula is C15H20O4. The third-order valence-electron chi connectivity index (χ3n) is 2.61. The predicted molar refractivity (Wildman–Crippen MR) is 72.7 cm³/mol. The molecule has 1 aromatic rings. The molecule has 0 amide bonds. The molecule has 0 saturated carbocycles. The van der Waals surface area contributed by atoms with Gasteiger partial charge in [0, 0.05) is 0 Å². The van der Waals surface area contributed by atoms with Crippen LogP contribution >= 0.6 is 0 Å². The van der Waals surface area contributed by atoms with Crippen molar-refractivity contribution in [3.63, 3.8) is 0 Å². The second kappa shape index (κ2) is 8.32. The number of rotatable bonds is 7. The summed E-state index contributed by atoms with van der Waals surface area (Å²) in [5.74, 6) is 0. The molecule has 0 aliphatic carbocycles. The molecule has 104 valence electrons. The molecule has 0 saturated heterocycles. The van der Waals surface area contributed by atoms with Crippen molar-refractivity contribution < 1.29 is 19.4 Å². The van der Waals surface area contributed by atoms with E-state index in [2.05, 4.69) is 6.58 Å². The zero-order valence-corrected chi connectivity index (χ0v) is 11.2. The molecule has 1 rings (SSSR count). The Bertz CT molecular complexity index is 400. The van der Waals surface area contributed by atoms with Gasteiger partial charge in [-0.05, 0) is 17.6 Å². The molecule has 0 aliphatic rings. The van der Waals surface area contributed by atoms with Gasteiger partial charge in [0.15, 0.2) is 6.10 Å². The van der Waals surface area contributed by atoms with Crippen molar-refractivity contribution in [2.24, 2.45) is 0 Å². The van der Waals surface area contributed by atoms with Gasteiger partial charge in [-0.15, -0.1) is 0 Å². The molecule has 1 unspecified atom stereocenters. The van der Waals surface area contributed by atoms with Gasteiger partial charge >= 0.3 is 6.16 Å². The summed E-state index contributed by atoms with van der Waals surface area (Å²) >= 11 is 0. The summed E-state index contributed by atoms with van der Waals surface area (Å²) in [6.45, 7) is 5.81. The highest BCUT2D eigenvalue weighted by molar-refractivity contribution is 5.61. The standard InChI is InChI=1S/C15H20O4/c1-3-4-10-18-15(17)19-14(12(2)11-16)13-8-6-5-7-9-13/h5-9,14,16H,2-4,10-11H2,1H3. The fourth-order valence-electron chi connectivity index (χ4n) is 1.53. The van der Waals surface area contributed by atoms with E-state index in [0.29, 0.717) is 12.2 Å². The average Bonchev–Trinajstić information content (AvgIpc) is 2.45. The highest BCUT2D eigenvalue weighted by Crippen LogP contribution is 2.24. The summed E-state index contributed by atoms with van der Waals surface area (Å²) in [4.78, 5) is 11.6. The Kier molecular flexibility index (Phi) is 6.68. The molecule has 4 nitrogen and oxygen atoms in total. The van der Waals surface area contributed by atoms with Gasteiger partial charge in [-0.1, -0.05) is 50.3 Å². The van der Waals surface area contributed by atoms with Crippen molar-refractivity contribution >= 4 is 6.16 Å². The lowest BCUT2D eigenvalue weighted by Crippen LogP contribution is -2.16. The third kappa shape index (κ3) is 5.14. The van der Waals surface area contributed by atoms with Crippen molar-refractivity contribution in [3.05, 3.63) is 48.0 Å². The minimum atomic E-state index is -0.739. The molecule has 0 aromatic heterocycles. The fourth-order valence-corrected chi connectivity index (χ4v) is 1.53. The topological polar surface area (TPSA) is 55.8 Å². The molecule has 1 N–H and O–H groups in total. The molecule has 0 heterocycles. The van der Waals surface area contributed by atoms with Crippen LogP contribution in [0.15, 0.2) is 42.5 Å². The summed E-state index contributed by atoms with van der Waals surface area (Å²) < 4.78 is 10.2. The quantitative estimate of drug-likeness (QED) is 0.466.